The number of carbonyl (C=O) groups excluding carboxylic acids is 2. The number of nitrogens with one attached hydrogen (secondary N) is 1. The molecule has 2 unspecified atom stereocenters. The quantitative estimate of drug-likeness (QED) is 0.870. The van der Waals surface area contributed by atoms with Crippen LogP contribution in [0.4, 0.5) is 5.69 Å². The average Bonchev–Trinajstić information content (AvgIpc) is 3.11. The Morgan fingerprint density at radius 1 is 1.11 bits per heavy atom. The van der Waals surface area contributed by atoms with E-state index in [1.54, 1.807) is 0 Å². The molecule has 6 nitrogen and oxygen atoms in total. The molecule has 3 N–H and O–H groups in total. The average molecular weight is 365 g/mol. The third-order valence-electron chi connectivity index (χ3n) is 5.32. The summed E-state index contributed by atoms with van der Waals surface area (Å²) in [4.78, 5) is 26.2. The first-order valence-electron chi connectivity index (χ1n) is 9.29. The number of piperidine rings is 1. The number of amides is 2. The van der Waals surface area contributed by atoms with Crippen LogP contribution in [0, 0.1) is 5.92 Å². The van der Waals surface area contributed by atoms with Crippen LogP contribution in [0.5, 0.6) is 5.75 Å². The summed E-state index contributed by atoms with van der Waals surface area (Å²) in [5.41, 5.74) is 8.07. The fourth-order valence-electron chi connectivity index (χ4n) is 3.79. The van der Waals surface area contributed by atoms with Crippen molar-refractivity contribution in [3.8, 4) is 5.75 Å². The van der Waals surface area contributed by atoms with E-state index in [1.807, 2.05) is 48.5 Å². The summed E-state index contributed by atoms with van der Waals surface area (Å²) in [7, 11) is 0. The Bertz CT molecular complexity index is 850. The van der Waals surface area contributed by atoms with Gasteiger partial charge in [0.2, 0.25) is 5.91 Å². The molecular weight excluding hydrogens is 342 g/mol. The van der Waals surface area contributed by atoms with E-state index in [4.69, 9.17) is 10.5 Å². The van der Waals surface area contributed by atoms with Crippen LogP contribution in [0.2, 0.25) is 0 Å². The summed E-state index contributed by atoms with van der Waals surface area (Å²) >= 11 is 0. The summed E-state index contributed by atoms with van der Waals surface area (Å²) in [6, 6.07) is 15.1. The Morgan fingerprint density at radius 2 is 1.89 bits per heavy atom. The van der Waals surface area contributed by atoms with Gasteiger partial charge in [-0.1, -0.05) is 18.2 Å². The highest BCUT2D eigenvalue weighted by molar-refractivity contribution is 5.95. The van der Waals surface area contributed by atoms with Gasteiger partial charge in [0.25, 0.3) is 5.91 Å². The number of ether oxygens (including phenoxy) is 1. The van der Waals surface area contributed by atoms with Crippen molar-refractivity contribution in [1.82, 2.24) is 5.32 Å². The van der Waals surface area contributed by atoms with Gasteiger partial charge in [-0.05, 0) is 43.2 Å². The molecule has 0 aliphatic carbocycles. The Morgan fingerprint density at radius 3 is 2.67 bits per heavy atom. The third kappa shape index (κ3) is 3.60. The summed E-state index contributed by atoms with van der Waals surface area (Å²) in [6.07, 6.45) is 1.79. The number of primary amides is 1. The molecule has 1 saturated heterocycles. The molecule has 27 heavy (non-hydrogen) atoms. The molecule has 0 spiro atoms. The topological polar surface area (TPSA) is 84.7 Å². The van der Waals surface area contributed by atoms with Crippen LogP contribution in [0.3, 0.4) is 0 Å². The third-order valence-corrected chi connectivity index (χ3v) is 5.32. The summed E-state index contributed by atoms with van der Waals surface area (Å²) in [6.45, 7) is 1.98. The standard InChI is InChI=1S/C21H23N3O3/c22-20(25)15-4-3-11-24(12-15)16-9-7-14(8-10-16)21(26)23-18-13-27-19-6-2-1-5-17(18)19/h1-2,5-10,15,18H,3-4,11-13H2,(H2,22,25)(H,23,26). The smallest absolute Gasteiger partial charge is 0.251 e. The van der Waals surface area contributed by atoms with Crippen molar-refractivity contribution in [2.45, 2.75) is 18.9 Å². The predicted molar refractivity (Wildman–Crippen MR) is 103 cm³/mol. The number of rotatable bonds is 4. The normalized spacial score (nSPS) is 21.3. The van der Waals surface area contributed by atoms with Gasteiger partial charge in [0.15, 0.2) is 0 Å². The van der Waals surface area contributed by atoms with Crippen molar-refractivity contribution in [3.05, 3.63) is 59.7 Å². The van der Waals surface area contributed by atoms with Crippen LogP contribution in [0.1, 0.15) is 34.8 Å². The summed E-state index contributed by atoms with van der Waals surface area (Å²) in [5.74, 6) is 0.353. The maximum absolute atomic E-state index is 12.6. The lowest BCUT2D eigenvalue weighted by Crippen LogP contribution is -2.41. The number of hydrogen-bond donors (Lipinski definition) is 2. The molecule has 2 heterocycles. The van der Waals surface area contributed by atoms with Gasteiger partial charge in [-0.2, -0.15) is 0 Å². The van der Waals surface area contributed by atoms with E-state index in [2.05, 4.69) is 10.2 Å². The zero-order valence-electron chi connectivity index (χ0n) is 15.1. The fraction of sp³-hybridized carbons (Fsp3) is 0.333. The minimum Gasteiger partial charge on any atom is -0.491 e. The number of nitrogens with two attached hydrogens (primary N) is 1. The largest absolute Gasteiger partial charge is 0.491 e. The Labute approximate surface area is 158 Å². The molecule has 2 aliphatic heterocycles. The van der Waals surface area contributed by atoms with E-state index in [0.717, 1.165) is 36.4 Å². The van der Waals surface area contributed by atoms with Crippen molar-refractivity contribution < 1.29 is 14.3 Å². The molecule has 140 valence electrons. The van der Waals surface area contributed by atoms with Crippen molar-refractivity contribution in [1.29, 1.82) is 0 Å². The van der Waals surface area contributed by atoms with Gasteiger partial charge >= 0.3 is 0 Å². The number of carbonyl (C=O) groups is 2. The number of hydrogen-bond acceptors (Lipinski definition) is 4. The summed E-state index contributed by atoms with van der Waals surface area (Å²) < 4.78 is 5.62. The van der Waals surface area contributed by atoms with E-state index in [0.29, 0.717) is 18.7 Å². The molecule has 6 heteroatoms. The number of para-hydroxylation sites is 1. The molecule has 0 bridgehead atoms. The van der Waals surface area contributed by atoms with Gasteiger partial charge < -0.3 is 20.7 Å². The van der Waals surface area contributed by atoms with Crippen LogP contribution in [-0.4, -0.2) is 31.5 Å². The zero-order valence-corrected chi connectivity index (χ0v) is 15.1. The zero-order chi connectivity index (χ0) is 18.8. The van der Waals surface area contributed by atoms with Crippen LogP contribution >= 0.6 is 0 Å². The number of nitrogens with zero attached hydrogens (tertiary/aromatic N) is 1. The highest BCUT2D eigenvalue weighted by atomic mass is 16.5. The number of benzene rings is 2. The van der Waals surface area contributed by atoms with Crippen LogP contribution < -0.4 is 20.7 Å². The molecule has 2 atom stereocenters. The van der Waals surface area contributed by atoms with Crippen molar-refractivity contribution in [2.24, 2.45) is 11.7 Å². The second kappa shape index (κ2) is 7.31. The van der Waals surface area contributed by atoms with E-state index in [-0.39, 0.29) is 23.8 Å². The molecule has 2 aromatic rings. The Hall–Kier alpha value is -3.02. The van der Waals surface area contributed by atoms with Crippen molar-refractivity contribution in [3.63, 3.8) is 0 Å². The SMILES string of the molecule is NC(=O)C1CCCN(c2ccc(C(=O)NC3COc4ccccc43)cc2)C1. The second-order valence-corrected chi connectivity index (χ2v) is 7.11. The van der Waals surface area contributed by atoms with Gasteiger partial charge in [0.05, 0.1) is 12.0 Å². The van der Waals surface area contributed by atoms with Crippen LogP contribution in [0.25, 0.3) is 0 Å². The van der Waals surface area contributed by atoms with Gasteiger partial charge in [-0.3, -0.25) is 9.59 Å². The lowest BCUT2D eigenvalue weighted by atomic mass is 9.97. The monoisotopic (exact) mass is 365 g/mol. The van der Waals surface area contributed by atoms with Gasteiger partial charge in [-0.25, -0.2) is 0 Å². The lowest BCUT2D eigenvalue weighted by Gasteiger charge is -2.33. The van der Waals surface area contributed by atoms with E-state index >= 15 is 0 Å². The minimum absolute atomic E-state index is 0.107. The Kier molecular flexibility index (Phi) is 4.71. The predicted octanol–water partition coefficient (Wildman–Crippen LogP) is 2.25. The van der Waals surface area contributed by atoms with E-state index < -0.39 is 0 Å². The molecule has 0 aromatic heterocycles. The maximum Gasteiger partial charge on any atom is 0.251 e. The van der Waals surface area contributed by atoms with E-state index in [9.17, 15) is 9.59 Å². The first kappa shape index (κ1) is 17.4. The first-order chi connectivity index (χ1) is 13.1. The molecule has 4 rings (SSSR count). The molecule has 2 aliphatic rings. The molecule has 0 radical (unpaired) electrons. The number of fused-ring (bicyclic) bond motifs is 1. The number of anilines is 1. The second-order valence-electron chi connectivity index (χ2n) is 7.11. The fourth-order valence-corrected chi connectivity index (χ4v) is 3.79. The first-order valence-corrected chi connectivity index (χ1v) is 9.29. The van der Waals surface area contributed by atoms with Crippen molar-refractivity contribution in [2.75, 3.05) is 24.6 Å². The van der Waals surface area contributed by atoms with Crippen molar-refractivity contribution >= 4 is 17.5 Å². The molecule has 0 saturated carbocycles. The van der Waals surface area contributed by atoms with Gasteiger partial charge in [-0.15, -0.1) is 0 Å². The van der Waals surface area contributed by atoms with Crippen LogP contribution in [0.15, 0.2) is 48.5 Å². The lowest BCUT2D eigenvalue weighted by molar-refractivity contribution is -0.122. The Balaban J connectivity index is 1.42. The van der Waals surface area contributed by atoms with Crippen LogP contribution in [-0.2, 0) is 4.79 Å². The highest BCUT2D eigenvalue weighted by Gasteiger charge is 2.26. The molecule has 2 amide bonds. The molecule has 2 aromatic carbocycles. The molecule has 1 fully saturated rings. The van der Waals surface area contributed by atoms with E-state index in [1.165, 1.54) is 0 Å². The molecular formula is C21H23N3O3. The highest BCUT2D eigenvalue weighted by Crippen LogP contribution is 2.32. The minimum atomic E-state index is -0.241. The summed E-state index contributed by atoms with van der Waals surface area (Å²) in [5, 5.41) is 3.03. The van der Waals surface area contributed by atoms with Gasteiger partial charge in [0.1, 0.15) is 12.4 Å². The van der Waals surface area contributed by atoms with Gasteiger partial charge in [0, 0.05) is 29.9 Å². The maximum atomic E-state index is 12.6.